The van der Waals surface area contributed by atoms with E-state index in [2.05, 4.69) is 53.4 Å². The van der Waals surface area contributed by atoms with E-state index in [1.165, 1.54) is 5.56 Å². The predicted molar refractivity (Wildman–Crippen MR) is 117 cm³/mol. The summed E-state index contributed by atoms with van der Waals surface area (Å²) >= 11 is 0. The van der Waals surface area contributed by atoms with E-state index in [-0.39, 0.29) is 17.5 Å². The minimum absolute atomic E-state index is 0.0947. The number of nitrogens with one attached hydrogen (secondary N) is 2. The maximum atomic E-state index is 12.4. The Labute approximate surface area is 171 Å². The highest BCUT2D eigenvalue weighted by molar-refractivity contribution is 5.89. The molecule has 1 fully saturated rings. The van der Waals surface area contributed by atoms with Gasteiger partial charge in [0.25, 0.3) is 6.01 Å². The molecule has 29 heavy (non-hydrogen) atoms. The average molecular weight is 393 g/mol. The lowest BCUT2D eigenvalue weighted by Crippen LogP contribution is -2.41. The predicted octanol–water partition coefficient (Wildman–Crippen LogP) is 4.92. The Bertz CT molecular complexity index is 955. The largest absolute Gasteiger partial charge is 0.423 e. The van der Waals surface area contributed by atoms with Gasteiger partial charge in [-0.15, -0.1) is 0 Å². The highest BCUT2D eigenvalue weighted by atomic mass is 16.4. The molecule has 1 saturated heterocycles. The van der Waals surface area contributed by atoms with Crippen LogP contribution in [0.2, 0.25) is 0 Å². The molecule has 1 aromatic heterocycles. The molecule has 152 valence electrons. The molecule has 1 atom stereocenters. The lowest BCUT2D eigenvalue weighted by Gasteiger charge is -2.23. The summed E-state index contributed by atoms with van der Waals surface area (Å²) in [5, 5.41) is 5.90. The molecule has 0 saturated carbocycles. The molecule has 4 rings (SSSR count). The van der Waals surface area contributed by atoms with E-state index >= 15 is 0 Å². The third-order valence-electron chi connectivity index (χ3n) is 5.41. The first-order valence-corrected chi connectivity index (χ1v) is 10.2. The first-order chi connectivity index (χ1) is 13.9. The van der Waals surface area contributed by atoms with Gasteiger partial charge in [-0.1, -0.05) is 45.0 Å². The Kier molecular flexibility index (Phi) is 5.18. The van der Waals surface area contributed by atoms with Gasteiger partial charge in [-0.3, -0.25) is 0 Å². The molecule has 2 N–H and O–H groups in total. The second-order valence-corrected chi connectivity index (χ2v) is 8.62. The van der Waals surface area contributed by atoms with E-state index in [9.17, 15) is 4.79 Å². The van der Waals surface area contributed by atoms with Crippen molar-refractivity contribution >= 4 is 28.8 Å². The summed E-state index contributed by atoms with van der Waals surface area (Å²) in [6.07, 6.45) is 2.06. The lowest BCUT2D eigenvalue weighted by atomic mass is 9.87. The molecule has 6 nitrogen and oxygen atoms in total. The number of aromatic nitrogens is 1. The molecule has 0 aliphatic carbocycles. The molecule has 3 aromatic rings. The number of rotatable bonds is 4. The van der Waals surface area contributed by atoms with Crippen molar-refractivity contribution in [2.75, 3.05) is 23.3 Å². The molecule has 1 aliphatic heterocycles. The molecule has 0 radical (unpaired) electrons. The maximum absolute atomic E-state index is 12.4. The number of oxazole rings is 1. The van der Waals surface area contributed by atoms with Crippen molar-refractivity contribution in [1.82, 2.24) is 10.3 Å². The summed E-state index contributed by atoms with van der Waals surface area (Å²) in [5.74, 6) is 0. The van der Waals surface area contributed by atoms with Crippen LogP contribution in [0.5, 0.6) is 0 Å². The van der Waals surface area contributed by atoms with E-state index in [4.69, 9.17) is 4.42 Å². The fourth-order valence-electron chi connectivity index (χ4n) is 3.72. The second-order valence-electron chi connectivity index (χ2n) is 8.62. The third kappa shape index (κ3) is 4.36. The number of carbonyl (C=O) groups excluding carboxylic acids is 1. The highest BCUT2D eigenvalue weighted by Gasteiger charge is 2.28. The van der Waals surface area contributed by atoms with E-state index in [1.807, 2.05) is 36.4 Å². The van der Waals surface area contributed by atoms with Gasteiger partial charge in [0.2, 0.25) is 0 Å². The molecule has 2 aromatic carbocycles. The van der Waals surface area contributed by atoms with Gasteiger partial charge in [0.05, 0.1) is 6.04 Å². The zero-order valence-electron chi connectivity index (χ0n) is 17.2. The minimum atomic E-state index is -0.196. The Balaban J connectivity index is 1.34. The van der Waals surface area contributed by atoms with E-state index in [0.717, 1.165) is 36.2 Å². The fraction of sp³-hybridized carbons (Fsp3) is 0.391. The molecule has 2 heterocycles. The molecular formula is C23H28N4O2. The van der Waals surface area contributed by atoms with Gasteiger partial charge in [0.1, 0.15) is 5.52 Å². The summed E-state index contributed by atoms with van der Waals surface area (Å²) in [4.78, 5) is 19.1. The van der Waals surface area contributed by atoms with Crippen LogP contribution in [-0.4, -0.2) is 30.1 Å². The van der Waals surface area contributed by atoms with Crippen LogP contribution in [0.25, 0.3) is 11.1 Å². The van der Waals surface area contributed by atoms with Gasteiger partial charge < -0.3 is 20.0 Å². The lowest BCUT2D eigenvalue weighted by molar-refractivity contribution is 0.251. The van der Waals surface area contributed by atoms with Gasteiger partial charge in [0, 0.05) is 18.8 Å². The van der Waals surface area contributed by atoms with Crippen molar-refractivity contribution < 1.29 is 9.21 Å². The smallest absolute Gasteiger partial charge is 0.319 e. The Morgan fingerprint density at radius 3 is 2.66 bits per heavy atom. The van der Waals surface area contributed by atoms with E-state index in [0.29, 0.717) is 12.6 Å². The number of hydrogen-bond donors (Lipinski definition) is 2. The van der Waals surface area contributed by atoms with Crippen LogP contribution in [0, 0.1) is 0 Å². The number of amides is 2. The molecule has 1 unspecified atom stereocenters. The number of carbonyl (C=O) groups is 1. The van der Waals surface area contributed by atoms with E-state index in [1.54, 1.807) is 0 Å². The van der Waals surface area contributed by atoms with Crippen LogP contribution in [0.15, 0.2) is 52.9 Å². The Morgan fingerprint density at radius 1 is 1.17 bits per heavy atom. The maximum Gasteiger partial charge on any atom is 0.319 e. The van der Waals surface area contributed by atoms with Crippen LogP contribution in [0.4, 0.5) is 16.5 Å². The number of para-hydroxylation sites is 2. The standard InChI is InChI=1S/C23H28N4O2/c1-23(2,3)16-10-12-17(13-11-16)25-21(28)24-15-18-7-6-14-27(18)22-26-19-8-4-5-9-20(19)29-22/h4-5,8-13,18H,6-7,14-15H2,1-3H3,(H2,24,25,28). The Hall–Kier alpha value is -3.02. The van der Waals surface area contributed by atoms with Gasteiger partial charge in [-0.2, -0.15) is 4.98 Å². The normalized spacial score (nSPS) is 16.9. The number of hydrogen-bond acceptors (Lipinski definition) is 4. The topological polar surface area (TPSA) is 70.4 Å². The van der Waals surface area contributed by atoms with Gasteiger partial charge in [-0.05, 0) is 48.1 Å². The van der Waals surface area contributed by atoms with Crippen molar-refractivity contribution in [1.29, 1.82) is 0 Å². The second kappa shape index (κ2) is 7.78. The van der Waals surface area contributed by atoms with Crippen molar-refractivity contribution in [3.05, 3.63) is 54.1 Å². The summed E-state index contributed by atoms with van der Waals surface area (Å²) in [5.41, 5.74) is 3.77. The monoisotopic (exact) mass is 392 g/mol. The Morgan fingerprint density at radius 2 is 1.93 bits per heavy atom. The fourth-order valence-corrected chi connectivity index (χ4v) is 3.72. The number of anilines is 2. The zero-order valence-corrected chi connectivity index (χ0v) is 17.2. The van der Waals surface area contributed by atoms with Crippen LogP contribution in [0.3, 0.4) is 0 Å². The number of benzene rings is 2. The molecule has 0 spiro atoms. The molecular weight excluding hydrogens is 364 g/mol. The van der Waals surface area contributed by atoms with Crippen LogP contribution in [-0.2, 0) is 5.41 Å². The van der Waals surface area contributed by atoms with Gasteiger partial charge in [0.15, 0.2) is 5.58 Å². The molecule has 1 aliphatic rings. The van der Waals surface area contributed by atoms with E-state index < -0.39 is 0 Å². The molecule has 2 amide bonds. The van der Waals surface area contributed by atoms with Crippen molar-refractivity contribution in [2.24, 2.45) is 0 Å². The van der Waals surface area contributed by atoms with Crippen LogP contribution >= 0.6 is 0 Å². The first kappa shape index (κ1) is 19.3. The third-order valence-corrected chi connectivity index (χ3v) is 5.41. The number of nitrogens with zero attached hydrogens (tertiary/aromatic N) is 2. The molecule has 6 heteroatoms. The van der Waals surface area contributed by atoms with Crippen molar-refractivity contribution in [3.8, 4) is 0 Å². The SMILES string of the molecule is CC(C)(C)c1ccc(NC(=O)NCC2CCCN2c2nc3ccccc3o2)cc1. The average Bonchev–Trinajstić information content (AvgIpc) is 3.32. The summed E-state index contributed by atoms with van der Waals surface area (Å²) in [6, 6.07) is 16.4. The summed E-state index contributed by atoms with van der Waals surface area (Å²) in [6.45, 7) is 7.95. The van der Waals surface area contributed by atoms with Crippen molar-refractivity contribution in [2.45, 2.75) is 45.1 Å². The van der Waals surface area contributed by atoms with Gasteiger partial charge >= 0.3 is 6.03 Å². The first-order valence-electron chi connectivity index (χ1n) is 10.2. The highest BCUT2D eigenvalue weighted by Crippen LogP contribution is 2.28. The minimum Gasteiger partial charge on any atom is -0.423 e. The van der Waals surface area contributed by atoms with Crippen LogP contribution in [0.1, 0.15) is 39.2 Å². The number of urea groups is 1. The van der Waals surface area contributed by atoms with Crippen LogP contribution < -0.4 is 15.5 Å². The summed E-state index contributed by atoms with van der Waals surface area (Å²) < 4.78 is 5.91. The van der Waals surface area contributed by atoms with Crippen molar-refractivity contribution in [3.63, 3.8) is 0 Å². The quantitative estimate of drug-likeness (QED) is 0.661. The summed E-state index contributed by atoms with van der Waals surface area (Å²) in [7, 11) is 0. The molecule has 0 bridgehead atoms. The zero-order chi connectivity index (χ0) is 20.4. The van der Waals surface area contributed by atoms with Gasteiger partial charge in [-0.25, -0.2) is 4.79 Å². The number of fused-ring (bicyclic) bond motifs is 1.